The van der Waals surface area contributed by atoms with Gasteiger partial charge in [-0.05, 0) is 12.1 Å². The fourth-order valence-electron chi connectivity index (χ4n) is 0.987. The first-order chi connectivity index (χ1) is 5.97. The standard InChI is InChI=1S/C9H8N2O/c1-3-10-6-8-7-11-4-2-9(8)12-5-1/h1-4,6-7H,5H2/b3-1-,10-6?. The molecule has 0 radical (unpaired) electrons. The smallest absolute Gasteiger partial charge is 0.131 e. The van der Waals surface area contributed by atoms with E-state index in [0.29, 0.717) is 6.61 Å². The fraction of sp³-hybridized carbons (Fsp3) is 0.111. The van der Waals surface area contributed by atoms with Crippen molar-refractivity contribution < 1.29 is 4.74 Å². The van der Waals surface area contributed by atoms with E-state index >= 15 is 0 Å². The quantitative estimate of drug-likeness (QED) is 0.575. The second kappa shape index (κ2) is 3.17. The lowest BCUT2D eigenvalue weighted by Gasteiger charge is -2.06. The molecular formula is C9H8N2O. The lowest BCUT2D eigenvalue weighted by Crippen LogP contribution is -1.99. The maximum Gasteiger partial charge on any atom is 0.131 e. The number of aromatic nitrogens is 1. The highest BCUT2D eigenvalue weighted by Crippen LogP contribution is 2.15. The normalized spacial score (nSPS) is 17.0. The fourth-order valence-corrected chi connectivity index (χ4v) is 0.987. The number of rotatable bonds is 0. The third-order valence-electron chi connectivity index (χ3n) is 1.55. The molecule has 1 aromatic rings. The predicted octanol–water partition coefficient (Wildman–Crippen LogP) is 1.41. The largest absolute Gasteiger partial charge is 0.489 e. The van der Waals surface area contributed by atoms with Crippen LogP contribution in [0, 0.1) is 0 Å². The molecule has 0 atom stereocenters. The van der Waals surface area contributed by atoms with Crippen LogP contribution >= 0.6 is 0 Å². The molecule has 0 aliphatic carbocycles. The van der Waals surface area contributed by atoms with E-state index in [0.717, 1.165) is 11.3 Å². The van der Waals surface area contributed by atoms with Gasteiger partial charge in [0.2, 0.25) is 0 Å². The Kier molecular flexibility index (Phi) is 1.86. The van der Waals surface area contributed by atoms with Crippen molar-refractivity contribution in [2.75, 3.05) is 6.61 Å². The third kappa shape index (κ3) is 1.34. The van der Waals surface area contributed by atoms with E-state index in [1.807, 2.05) is 12.1 Å². The van der Waals surface area contributed by atoms with Crippen LogP contribution in [0.15, 0.2) is 35.7 Å². The van der Waals surface area contributed by atoms with Crippen molar-refractivity contribution >= 4 is 6.21 Å². The summed E-state index contributed by atoms with van der Waals surface area (Å²) in [7, 11) is 0. The molecule has 0 aromatic carbocycles. The molecule has 2 rings (SSSR count). The number of nitrogens with zero attached hydrogens (tertiary/aromatic N) is 2. The van der Waals surface area contributed by atoms with Gasteiger partial charge in [0.1, 0.15) is 12.4 Å². The highest BCUT2D eigenvalue weighted by molar-refractivity contribution is 5.83. The van der Waals surface area contributed by atoms with E-state index in [1.165, 1.54) is 0 Å². The van der Waals surface area contributed by atoms with E-state index in [-0.39, 0.29) is 0 Å². The van der Waals surface area contributed by atoms with E-state index in [9.17, 15) is 0 Å². The van der Waals surface area contributed by atoms with Gasteiger partial charge in [-0.15, -0.1) is 0 Å². The van der Waals surface area contributed by atoms with Crippen molar-refractivity contribution in [3.63, 3.8) is 0 Å². The van der Waals surface area contributed by atoms with Crippen molar-refractivity contribution in [1.82, 2.24) is 4.98 Å². The Labute approximate surface area is 70.4 Å². The van der Waals surface area contributed by atoms with E-state index in [2.05, 4.69) is 9.98 Å². The summed E-state index contributed by atoms with van der Waals surface area (Å²) in [6.45, 7) is 0.564. The molecule has 3 nitrogen and oxygen atoms in total. The van der Waals surface area contributed by atoms with Gasteiger partial charge in [-0.25, -0.2) is 0 Å². The van der Waals surface area contributed by atoms with Crippen LogP contribution in [-0.4, -0.2) is 17.8 Å². The Hall–Kier alpha value is -1.64. The van der Waals surface area contributed by atoms with Crippen LogP contribution in [0.4, 0.5) is 0 Å². The summed E-state index contributed by atoms with van der Waals surface area (Å²) in [5, 5.41) is 0. The highest BCUT2D eigenvalue weighted by Gasteiger charge is 2.00. The van der Waals surface area contributed by atoms with Gasteiger partial charge in [0.05, 0.1) is 5.56 Å². The van der Waals surface area contributed by atoms with Crippen LogP contribution < -0.4 is 4.74 Å². The summed E-state index contributed by atoms with van der Waals surface area (Å²) >= 11 is 0. The van der Waals surface area contributed by atoms with Gasteiger partial charge >= 0.3 is 0 Å². The maximum atomic E-state index is 5.41. The van der Waals surface area contributed by atoms with Gasteiger partial charge in [0.25, 0.3) is 0 Å². The number of fused-ring (bicyclic) bond motifs is 1. The molecule has 1 aliphatic rings. The van der Waals surface area contributed by atoms with Crippen LogP contribution in [0.5, 0.6) is 5.75 Å². The summed E-state index contributed by atoms with van der Waals surface area (Å²) in [6.07, 6.45) is 8.75. The first-order valence-corrected chi connectivity index (χ1v) is 3.72. The number of ether oxygens (including phenoxy) is 1. The molecule has 0 bridgehead atoms. The SMILES string of the molecule is C1=N/C=C\COc2ccncc21. The van der Waals surface area contributed by atoms with Crippen molar-refractivity contribution in [1.29, 1.82) is 0 Å². The van der Waals surface area contributed by atoms with Crippen LogP contribution in [0.25, 0.3) is 0 Å². The summed E-state index contributed by atoms with van der Waals surface area (Å²) < 4.78 is 5.41. The minimum absolute atomic E-state index is 0.564. The van der Waals surface area contributed by atoms with Crippen LogP contribution in [0.3, 0.4) is 0 Å². The van der Waals surface area contributed by atoms with Crippen molar-refractivity contribution in [2.45, 2.75) is 0 Å². The Morgan fingerprint density at radius 3 is 3.42 bits per heavy atom. The summed E-state index contributed by atoms with van der Waals surface area (Å²) in [5.41, 5.74) is 0.918. The molecule has 0 saturated heterocycles. The third-order valence-corrected chi connectivity index (χ3v) is 1.55. The van der Waals surface area contributed by atoms with Gasteiger partial charge in [0, 0.05) is 24.8 Å². The molecule has 0 N–H and O–H groups in total. The Balaban J connectivity index is 2.43. The number of aliphatic imine (C=N–C) groups is 1. The molecule has 60 valence electrons. The summed E-state index contributed by atoms with van der Waals surface area (Å²) in [4.78, 5) is 8.02. The van der Waals surface area contributed by atoms with Gasteiger partial charge in [0.15, 0.2) is 0 Å². The van der Waals surface area contributed by atoms with Crippen molar-refractivity contribution in [3.8, 4) is 5.75 Å². The lowest BCUT2D eigenvalue weighted by atomic mass is 10.3. The maximum absolute atomic E-state index is 5.41. The zero-order chi connectivity index (χ0) is 8.23. The van der Waals surface area contributed by atoms with Gasteiger partial charge in [-0.3, -0.25) is 9.98 Å². The average Bonchev–Trinajstić information content (AvgIpc) is 2.06. The minimum Gasteiger partial charge on any atom is -0.489 e. The molecule has 2 heterocycles. The molecule has 12 heavy (non-hydrogen) atoms. The molecule has 1 aromatic heterocycles. The Morgan fingerprint density at radius 2 is 2.42 bits per heavy atom. The molecule has 3 heteroatoms. The van der Waals surface area contributed by atoms with Crippen molar-refractivity contribution in [2.24, 2.45) is 4.99 Å². The van der Waals surface area contributed by atoms with Crippen LogP contribution in [-0.2, 0) is 0 Å². The van der Waals surface area contributed by atoms with Crippen LogP contribution in [0.1, 0.15) is 5.56 Å². The first-order valence-electron chi connectivity index (χ1n) is 3.72. The average molecular weight is 160 g/mol. The number of pyridine rings is 1. The molecule has 0 unspecified atom stereocenters. The van der Waals surface area contributed by atoms with E-state index in [1.54, 1.807) is 24.8 Å². The Bertz CT molecular complexity index is 331. The molecule has 0 fully saturated rings. The lowest BCUT2D eigenvalue weighted by molar-refractivity contribution is 0.361. The van der Waals surface area contributed by atoms with Gasteiger partial charge < -0.3 is 4.74 Å². The highest BCUT2D eigenvalue weighted by atomic mass is 16.5. The molecule has 0 saturated carbocycles. The van der Waals surface area contributed by atoms with Gasteiger partial charge in [-0.1, -0.05) is 0 Å². The van der Waals surface area contributed by atoms with Gasteiger partial charge in [-0.2, -0.15) is 0 Å². The van der Waals surface area contributed by atoms with Crippen LogP contribution in [0.2, 0.25) is 0 Å². The molecule has 1 aliphatic heterocycles. The number of hydrogen-bond donors (Lipinski definition) is 0. The Morgan fingerprint density at radius 1 is 1.42 bits per heavy atom. The molecule has 0 spiro atoms. The minimum atomic E-state index is 0.564. The van der Waals surface area contributed by atoms with E-state index < -0.39 is 0 Å². The predicted molar refractivity (Wildman–Crippen MR) is 46.5 cm³/mol. The topological polar surface area (TPSA) is 34.5 Å². The summed E-state index contributed by atoms with van der Waals surface area (Å²) in [5.74, 6) is 0.832. The zero-order valence-corrected chi connectivity index (χ0v) is 6.47. The molecule has 0 amide bonds. The second-order valence-corrected chi connectivity index (χ2v) is 2.39. The number of hydrogen-bond acceptors (Lipinski definition) is 3. The first kappa shape index (κ1) is 7.03. The molecular weight excluding hydrogens is 152 g/mol. The zero-order valence-electron chi connectivity index (χ0n) is 6.47. The van der Waals surface area contributed by atoms with Crippen molar-refractivity contribution in [3.05, 3.63) is 36.3 Å². The summed E-state index contributed by atoms with van der Waals surface area (Å²) in [6, 6.07) is 1.83. The second-order valence-electron chi connectivity index (χ2n) is 2.39. The van der Waals surface area contributed by atoms with E-state index in [4.69, 9.17) is 4.74 Å². The monoisotopic (exact) mass is 160 g/mol.